The monoisotopic (exact) mass is 250 g/mol. The zero-order chi connectivity index (χ0) is 13.1. The summed E-state index contributed by atoms with van der Waals surface area (Å²) in [6.45, 7) is 2.62. The molecule has 1 aliphatic heterocycles. The first-order valence-corrected chi connectivity index (χ1v) is 5.87. The van der Waals surface area contributed by atoms with Crippen molar-refractivity contribution >= 4 is 17.9 Å². The number of halogens is 1. The van der Waals surface area contributed by atoms with Crippen molar-refractivity contribution < 1.29 is 14.0 Å². The van der Waals surface area contributed by atoms with Crippen LogP contribution in [0.4, 0.5) is 10.1 Å². The van der Waals surface area contributed by atoms with Crippen molar-refractivity contribution in [3.8, 4) is 0 Å². The van der Waals surface area contributed by atoms with Crippen molar-refractivity contribution in [2.24, 2.45) is 0 Å². The van der Waals surface area contributed by atoms with E-state index in [9.17, 15) is 14.0 Å². The molecule has 1 unspecified atom stereocenters. The van der Waals surface area contributed by atoms with Crippen LogP contribution < -0.4 is 10.2 Å². The van der Waals surface area contributed by atoms with Crippen molar-refractivity contribution in [1.29, 1.82) is 0 Å². The van der Waals surface area contributed by atoms with Gasteiger partial charge in [0.05, 0.1) is 5.69 Å². The quantitative estimate of drug-likeness (QED) is 0.824. The Bertz CT molecular complexity index is 476. The molecule has 1 saturated heterocycles. The Morgan fingerprint density at radius 2 is 2.33 bits per heavy atom. The van der Waals surface area contributed by atoms with Gasteiger partial charge < -0.3 is 10.2 Å². The predicted octanol–water partition coefficient (Wildman–Crippen LogP) is 1.35. The van der Waals surface area contributed by atoms with Crippen molar-refractivity contribution in [2.75, 3.05) is 18.0 Å². The minimum absolute atomic E-state index is 0.0154. The van der Waals surface area contributed by atoms with E-state index in [2.05, 4.69) is 5.32 Å². The van der Waals surface area contributed by atoms with Crippen LogP contribution in [0.1, 0.15) is 23.7 Å². The summed E-state index contributed by atoms with van der Waals surface area (Å²) in [6, 6.07) is 4.47. The van der Waals surface area contributed by atoms with Crippen molar-refractivity contribution in [3.05, 3.63) is 29.6 Å². The third-order valence-electron chi connectivity index (χ3n) is 3.06. The smallest absolute Gasteiger partial charge is 0.217 e. The molecule has 1 aliphatic rings. The van der Waals surface area contributed by atoms with Crippen LogP contribution in [0.15, 0.2) is 18.2 Å². The van der Waals surface area contributed by atoms with Crippen molar-refractivity contribution in [2.45, 2.75) is 19.4 Å². The largest absolute Gasteiger partial charge is 0.366 e. The lowest BCUT2D eigenvalue weighted by Gasteiger charge is -2.21. The van der Waals surface area contributed by atoms with Gasteiger partial charge >= 0.3 is 0 Å². The molecule has 1 N–H and O–H groups in total. The molecule has 1 aromatic carbocycles. The Hall–Kier alpha value is -1.91. The SMILES string of the molecule is CC(=O)NC1CCN(c2c(F)cccc2C=O)C1. The second kappa shape index (κ2) is 5.16. The Labute approximate surface area is 105 Å². The van der Waals surface area contributed by atoms with Gasteiger partial charge in [-0.3, -0.25) is 9.59 Å². The molecule has 0 aromatic heterocycles. The molecule has 0 aliphatic carbocycles. The Morgan fingerprint density at radius 3 is 3.00 bits per heavy atom. The Balaban J connectivity index is 2.19. The third-order valence-corrected chi connectivity index (χ3v) is 3.06. The average Bonchev–Trinajstić information content (AvgIpc) is 2.75. The Kier molecular flexibility index (Phi) is 3.60. The van der Waals surface area contributed by atoms with E-state index >= 15 is 0 Å². The van der Waals surface area contributed by atoms with Gasteiger partial charge in [-0.2, -0.15) is 0 Å². The highest BCUT2D eigenvalue weighted by molar-refractivity contribution is 5.85. The van der Waals surface area contributed by atoms with Gasteiger partial charge in [-0.25, -0.2) is 4.39 Å². The molecule has 0 radical (unpaired) electrons. The van der Waals surface area contributed by atoms with E-state index in [-0.39, 0.29) is 11.9 Å². The minimum Gasteiger partial charge on any atom is -0.366 e. The molecular formula is C13H15FN2O2. The molecule has 4 nitrogen and oxygen atoms in total. The average molecular weight is 250 g/mol. The number of hydrogen-bond acceptors (Lipinski definition) is 3. The lowest BCUT2D eigenvalue weighted by atomic mass is 10.1. The van der Waals surface area contributed by atoms with Gasteiger partial charge in [0.2, 0.25) is 5.91 Å². The highest BCUT2D eigenvalue weighted by Crippen LogP contribution is 2.26. The van der Waals surface area contributed by atoms with Gasteiger partial charge in [0.1, 0.15) is 5.82 Å². The molecule has 2 rings (SSSR count). The number of anilines is 1. The molecule has 0 bridgehead atoms. The standard InChI is InChI=1S/C13H15FN2O2/c1-9(18)15-11-5-6-16(7-11)13-10(8-17)3-2-4-12(13)14/h2-4,8,11H,5-7H2,1H3,(H,15,18). The minimum atomic E-state index is -0.400. The summed E-state index contributed by atoms with van der Waals surface area (Å²) >= 11 is 0. The fraction of sp³-hybridized carbons (Fsp3) is 0.385. The number of amides is 1. The van der Waals surface area contributed by atoms with E-state index in [1.165, 1.54) is 19.1 Å². The third kappa shape index (κ3) is 2.50. The summed E-state index contributed by atoms with van der Waals surface area (Å²) in [7, 11) is 0. The Morgan fingerprint density at radius 1 is 1.56 bits per heavy atom. The molecule has 1 heterocycles. The zero-order valence-electron chi connectivity index (χ0n) is 10.1. The first kappa shape index (κ1) is 12.5. The van der Waals surface area contributed by atoms with Gasteiger partial charge in [-0.1, -0.05) is 6.07 Å². The van der Waals surface area contributed by atoms with E-state index in [0.717, 1.165) is 6.42 Å². The lowest BCUT2D eigenvalue weighted by molar-refractivity contribution is -0.119. The van der Waals surface area contributed by atoms with Crippen LogP contribution in [0, 0.1) is 5.82 Å². The number of hydrogen-bond donors (Lipinski definition) is 1. The second-order valence-corrected chi connectivity index (χ2v) is 4.43. The van der Waals surface area contributed by atoms with Crippen LogP contribution in [-0.4, -0.2) is 31.3 Å². The molecule has 1 fully saturated rings. The van der Waals surface area contributed by atoms with Gasteiger partial charge in [-0.15, -0.1) is 0 Å². The number of para-hydroxylation sites is 1. The predicted molar refractivity (Wildman–Crippen MR) is 66.2 cm³/mol. The van der Waals surface area contributed by atoms with Crippen LogP contribution in [0.3, 0.4) is 0 Å². The van der Waals surface area contributed by atoms with E-state index in [1.807, 2.05) is 0 Å². The van der Waals surface area contributed by atoms with Crippen molar-refractivity contribution in [3.63, 3.8) is 0 Å². The van der Waals surface area contributed by atoms with Gasteiger partial charge in [0.25, 0.3) is 0 Å². The maximum Gasteiger partial charge on any atom is 0.217 e. The molecule has 18 heavy (non-hydrogen) atoms. The maximum absolute atomic E-state index is 13.8. The number of nitrogens with one attached hydrogen (secondary N) is 1. The van der Waals surface area contributed by atoms with Crippen LogP contribution in [-0.2, 0) is 4.79 Å². The highest BCUT2D eigenvalue weighted by atomic mass is 19.1. The number of benzene rings is 1. The summed E-state index contributed by atoms with van der Waals surface area (Å²) < 4.78 is 13.8. The lowest BCUT2D eigenvalue weighted by Crippen LogP contribution is -2.35. The summed E-state index contributed by atoms with van der Waals surface area (Å²) in [6.07, 6.45) is 1.41. The van der Waals surface area contributed by atoms with Crippen molar-refractivity contribution in [1.82, 2.24) is 5.32 Å². The first-order chi connectivity index (χ1) is 8.61. The van der Waals surface area contributed by atoms with Crippen LogP contribution in [0.25, 0.3) is 0 Å². The summed E-state index contributed by atoms with van der Waals surface area (Å²) in [5.74, 6) is -0.492. The number of carbonyl (C=O) groups excluding carboxylic acids is 2. The van der Waals surface area contributed by atoms with Crippen LogP contribution in [0.5, 0.6) is 0 Å². The molecule has 0 saturated carbocycles. The molecule has 0 spiro atoms. The van der Waals surface area contributed by atoms with Gasteiger partial charge in [0, 0.05) is 31.6 Å². The molecule has 96 valence electrons. The molecule has 1 amide bonds. The van der Waals surface area contributed by atoms with Crippen LogP contribution in [0.2, 0.25) is 0 Å². The molecule has 5 heteroatoms. The number of nitrogens with zero attached hydrogens (tertiary/aromatic N) is 1. The van der Waals surface area contributed by atoms with Crippen LogP contribution >= 0.6 is 0 Å². The summed E-state index contributed by atoms with van der Waals surface area (Å²) in [5, 5.41) is 2.81. The molecule has 1 atom stereocenters. The van der Waals surface area contributed by atoms with E-state index in [4.69, 9.17) is 0 Å². The fourth-order valence-electron chi connectivity index (χ4n) is 2.33. The molecule has 1 aromatic rings. The number of aldehydes is 1. The van der Waals surface area contributed by atoms with E-state index in [1.54, 1.807) is 11.0 Å². The maximum atomic E-state index is 13.8. The van der Waals surface area contributed by atoms with E-state index < -0.39 is 5.82 Å². The van der Waals surface area contributed by atoms with Gasteiger partial charge in [0.15, 0.2) is 6.29 Å². The zero-order valence-corrected chi connectivity index (χ0v) is 10.1. The molecular weight excluding hydrogens is 235 g/mol. The van der Waals surface area contributed by atoms with Gasteiger partial charge in [-0.05, 0) is 18.6 Å². The fourth-order valence-corrected chi connectivity index (χ4v) is 2.33. The topological polar surface area (TPSA) is 49.4 Å². The first-order valence-electron chi connectivity index (χ1n) is 5.87. The van der Waals surface area contributed by atoms with E-state index in [0.29, 0.717) is 30.6 Å². The highest BCUT2D eigenvalue weighted by Gasteiger charge is 2.26. The second-order valence-electron chi connectivity index (χ2n) is 4.43. The number of rotatable bonds is 3. The normalized spacial score (nSPS) is 18.8. The summed E-state index contributed by atoms with van der Waals surface area (Å²) in [5.41, 5.74) is 0.679. The number of carbonyl (C=O) groups is 2. The summed E-state index contributed by atoms with van der Waals surface area (Å²) in [4.78, 5) is 23.7.